The molecule has 0 spiro atoms. The number of fused-ring (bicyclic) bond motifs is 8. The quantitative estimate of drug-likeness (QED) is 0.171. The Labute approximate surface area is 328 Å². The van der Waals surface area contributed by atoms with Crippen molar-refractivity contribution in [2.75, 3.05) is 0 Å². The van der Waals surface area contributed by atoms with Crippen LogP contribution in [-0.2, 0) is 0 Å². The predicted octanol–water partition coefficient (Wildman–Crippen LogP) is 15.4. The molecule has 0 amide bonds. The fraction of sp³-hybridized carbons (Fsp3) is 0.0714. The molecule has 0 heterocycles. The molecule has 3 aliphatic rings. The lowest BCUT2D eigenvalue weighted by Gasteiger charge is -2.23. The van der Waals surface area contributed by atoms with Crippen molar-refractivity contribution < 1.29 is 0 Å². The lowest BCUT2D eigenvalue weighted by molar-refractivity contribution is 0.734. The van der Waals surface area contributed by atoms with Gasteiger partial charge in [-0.2, -0.15) is 0 Å². The van der Waals surface area contributed by atoms with Gasteiger partial charge in [0.2, 0.25) is 0 Å². The summed E-state index contributed by atoms with van der Waals surface area (Å²) < 4.78 is 0. The SMILES string of the molecule is CC1=C2c3c(ccc4c3C(CC1)c1c-4c(-c3ccccc3)c3ccccc3c1-c1ccccc1)-c1c2c(-c2ccccc2)c2ccccc2c1-c1ccccc1. The summed E-state index contributed by atoms with van der Waals surface area (Å²) in [5.74, 6) is 0.258. The maximum Gasteiger partial charge on any atom is 0.0118 e. The van der Waals surface area contributed by atoms with Crippen molar-refractivity contribution in [3.63, 3.8) is 0 Å². The summed E-state index contributed by atoms with van der Waals surface area (Å²) in [6, 6.07) is 67.9. The minimum absolute atomic E-state index is 0.258. The molecule has 56 heavy (non-hydrogen) atoms. The molecule has 0 nitrogen and oxygen atoms in total. The van der Waals surface area contributed by atoms with Crippen molar-refractivity contribution in [2.24, 2.45) is 0 Å². The maximum absolute atomic E-state index is 2.50. The molecule has 0 saturated heterocycles. The number of hydrogen-bond donors (Lipinski definition) is 0. The van der Waals surface area contributed by atoms with Crippen LogP contribution in [0, 0.1) is 0 Å². The molecule has 262 valence electrons. The predicted molar refractivity (Wildman–Crippen MR) is 237 cm³/mol. The van der Waals surface area contributed by atoms with Gasteiger partial charge in [-0.05, 0) is 136 Å². The van der Waals surface area contributed by atoms with Gasteiger partial charge >= 0.3 is 0 Å². The molecule has 0 heteroatoms. The van der Waals surface area contributed by atoms with Crippen molar-refractivity contribution in [1.82, 2.24) is 0 Å². The minimum Gasteiger partial charge on any atom is -0.0648 e. The maximum atomic E-state index is 2.50. The molecular weight excluding hydrogens is 673 g/mol. The molecule has 1 atom stereocenters. The highest BCUT2D eigenvalue weighted by molar-refractivity contribution is 6.23. The number of benzene rings is 9. The zero-order valence-corrected chi connectivity index (χ0v) is 31.3. The lowest BCUT2D eigenvalue weighted by Crippen LogP contribution is -2.02. The summed E-state index contributed by atoms with van der Waals surface area (Å²) in [6.07, 6.45) is 2.11. The fourth-order valence-electron chi connectivity index (χ4n) is 10.8. The molecule has 0 N–H and O–H groups in total. The first kappa shape index (κ1) is 31.6. The fourth-order valence-corrected chi connectivity index (χ4v) is 10.8. The Morgan fingerprint density at radius 1 is 0.321 bits per heavy atom. The molecule has 0 radical (unpaired) electrons. The second-order valence-corrected chi connectivity index (χ2v) is 15.8. The second kappa shape index (κ2) is 12.1. The van der Waals surface area contributed by atoms with Crippen LogP contribution in [0.25, 0.3) is 93.9 Å². The molecule has 0 aliphatic heterocycles. The Balaban J connectivity index is 1.26. The highest BCUT2D eigenvalue weighted by Crippen LogP contribution is 2.65. The Morgan fingerprint density at radius 3 is 1.21 bits per heavy atom. The van der Waals surface area contributed by atoms with Crippen molar-refractivity contribution in [1.29, 1.82) is 0 Å². The van der Waals surface area contributed by atoms with Crippen LogP contribution >= 0.6 is 0 Å². The van der Waals surface area contributed by atoms with Gasteiger partial charge in [-0.15, -0.1) is 0 Å². The van der Waals surface area contributed by atoms with Crippen LogP contribution in [0.15, 0.2) is 188 Å². The van der Waals surface area contributed by atoms with E-state index in [2.05, 4.69) is 189 Å². The number of hydrogen-bond acceptors (Lipinski definition) is 0. The van der Waals surface area contributed by atoms with E-state index in [9.17, 15) is 0 Å². The van der Waals surface area contributed by atoms with Gasteiger partial charge in [0.05, 0.1) is 0 Å². The van der Waals surface area contributed by atoms with E-state index in [0.717, 1.165) is 12.8 Å². The Morgan fingerprint density at radius 2 is 0.714 bits per heavy atom. The molecule has 1 unspecified atom stereocenters. The molecule has 0 fully saturated rings. The minimum atomic E-state index is 0.258. The van der Waals surface area contributed by atoms with Gasteiger partial charge in [-0.25, -0.2) is 0 Å². The zero-order valence-electron chi connectivity index (χ0n) is 31.3. The summed E-state index contributed by atoms with van der Waals surface area (Å²) in [7, 11) is 0. The van der Waals surface area contributed by atoms with Crippen molar-refractivity contribution in [3.05, 3.63) is 210 Å². The van der Waals surface area contributed by atoms with Crippen molar-refractivity contribution in [2.45, 2.75) is 25.7 Å². The van der Waals surface area contributed by atoms with Crippen LogP contribution in [0.2, 0.25) is 0 Å². The molecule has 9 aromatic rings. The lowest BCUT2D eigenvalue weighted by atomic mass is 9.80. The van der Waals surface area contributed by atoms with E-state index in [-0.39, 0.29) is 5.92 Å². The summed E-state index contributed by atoms with van der Waals surface area (Å²) in [5, 5.41) is 5.28. The monoisotopic (exact) mass is 710 g/mol. The molecule has 12 rings (SSSR count). The average Bonchev–Trinajstić information content (AvgIpc) is 3.72. The smallest absolute Gasteiger partial charge is 0.0118 e. The van der Waals surface area contributed by atoms with Crippen molar-refractivity contribution >= 4 is 27.1 Å². The standard InChI is InChI=1S/C56H38/c1-34-30-31-43-51-44(54-48(36-20-8-3-9-21-36)40-27-15-14-26-39(40)47(53(43)54)35-18-6-2-7-19-35)32-33-45-52(51)46(34)56-50(38-24-12-5-13-25-38)42-29-17-16-28-41(42)49(55(45)56)37-22-10-4-11-23-37/h2-29,32-33,43H,30-31H2,1H3. The van der Waals surface area contributed by atoms with Crippen LogP contribution in [0.5, 0.6) is 0 Å². The zero-order chi connectivity index (χ0) is 36.9. The van der Waals surface area contributed by atoms with Gasteiger partial charge in [0.25, 0.3) is 0 Å². The average molecular weight is 711 g/mol. The van der Waals surface area contributed by atoms with E-state index in [1.807, 2.05) is 0 Å². The Hall–Kier alpha value is -6.76. The van der Waals surface area contributed by atoms with E-state index in [4.69, 9.17) is 0 Å². The van der Waals surface area contributed by atoms with Crippen LogP contribution in [0.1, 0.15) is 47.9 Å². The van der Waals surface area contributed by atoms with Gasteiger partial charge in [0.1, 0.15) is 0 Å². The van der Waals surface area contributed by atoms with E-state index in [0.29, 0.717) is 0 Å². The van der Waals surface area contributed by atoms with Crippen LogP contribution in [0.4, 0.5) is 0 Å². The van der Waals surface area contributed by atoms with Crippen LogP contribution in [-0.4, -0.2) is 0 Å². The van der Waals surface area contributed by atoms with Gasteiger partial charge in [-0.1, -0.05) is 188 Å². The topological polar surface area (TPSA) is 0 Å². The third kappa shape index (κ3) is 4.30. The molecule has 9 aromatic carbocycles. The van der Waals surface area contributed by atoms with Crippen molar-refractivity contribution in [3.8, 4) is 66.8 Å². The highest BCUT2D eigenvalue weighted by atomic mass is 14.5. The molecule has 0 aromatic heterocycles. The Bertz CT molecular complexity index is 3100. The van der Waals surface area contributed by atoms with Gasteiger partial charge in [-0.3, -0.25) is 0 Å². The van der Waals surface area contributed by atoms with E-state index < -0.39 is 0 Å². The Kier molecular flexibility index (Phi) is 6.83. The van der Waals surface area contributed by atoms with E-state index in [1.165, 1.54) is 122 Å². The van der Waals surface area contributed by atoms with Crippen LogP contribution in [0.3, 0.4) is 0 Å². The summed E-state index contributed by atoms with van der Waals surface area (Å²) >= 11 is 0. The molecule has 0 bridgehead atoms. The van der Waals surface area contributed by atoms with Gasteiger partial charge in [0.15, 0.2) is 0 Å². The summed E-state index contributed by atoms with van der Waals surface area (Å²) in [4.78, 5) is 0. The molecular formula is C56H38. The largest absolute Gasteiger partial charge is 0.0648 e. The second-order valence-electron chi connectivity index (χ2n) is 15.8. The molecule has 0 saturated carbocycles. The van der Waals surface area contributed by atoms with Crippen LogP contribution < -0.4 is 0 Å². The van der Waals surface area contributed by atoms with E-state index >= 15 is 0 Å². The summed E-state index contributed by atoms with van der Waals surface area (Å²) in [6.45, 7) is 2.43. The highest BCUT2D eigenvalue weighted by Gasteiger charge is 2.44. The summed E-state index contributed by atoms with van der Waals surface area (Å²) in [5.41, 5.74) is 25.0. The normalized spacial score (nSPS) is 14.8. The number of rotatable bonds is 4. The van der Waals surface area contributed by atoms with E-state index in [1.54, 1.807) is 0 Å². The first-order valence-electron chi connectivity index (χ1n) is 20.0. The first-order valence-corrected chi connectivity index (χ1v) is 20.0. The molecule has 3 aliphatic carbocycles. The van der Waals surface area contributed by atoms with Gasteiger partial charge < -0.3 is 0 Å². The first-order chi connectivity index (χ1) is 27.8. The number of allylic oxidation sites excluding steroid dienone is 1. The third-order valence-electron chi connectivity index (χ3n) is 12.9. The van der Waals surface area contributed by atoms with Gasteiger partial charge in [0, 0.05) is 5.92 Å². The third-order valence-corrected chi connectivity index (χ3v) is 12.9.